The Morgan fingerprint density at radius 3 is 2.68 bits per heavy atom. The van der Waals surface area contributed by atoms with Crippen LogP contribution in [0.25, 0.3) is 0 Å². The van der Waals surface area contributed by atoms with Gasteiger partial charge in [0.2, 0.25) is 0 Å². The molecule has 2 amide bonds. The Bertz CT molecular complexity index is 512. The van der Waals surface area contributed by atoms with Gasteiger partial charge in [0.05, 0.1) is 5.69 Å². The number of halogens is 1. The van der Waals surface area contributed by atoms with Crippen molar-refractivity contribution in [3.8, 4) is 0 Å². The summed E-state index contributed by atoms with van der Waals surface area (Å²) in [5.41, 5.74) is 6.73. The molecule has 19 heavy (non-hydrogen) atoms. The molecule has 1 fully saturated rings. The van der Waals surface area contributed by atoms with E-state index in [9.17, 15) is 4.79 Å². The van der Waals surface area contributed by atoms with E-state index in [-0.39, 0.29) is 11.9 Å². The average Bonchev–Trinajstić information content (AvgIpc) is 2.94. The normalized spacial score (nSPS) is 15.6. The number of nitrogens with zero attached hydrogens (tertiary/aromatic N) is 2. The van der Waals surface area contributed by atoms with Crippen molar-refractivity contribution >= 4 is 33.5 Å². The molecule has 0 spiro atoms. The first kappa shape index (κ1) is 13.7. The fourth-order valence-electron chi connectivity index (χ4n) is 1.95. The molecule has 1 aromatic carbocycles. The Balaban J connectivity index is 2.10. The number of nitrogens with two attached hydrogens (primary N) is 1. The number of hydrogen-bond donors (Lipinski definition) is 3. The van der Waals surface area contributed by atoms with E-state index in [1.807, 2.05) is 0 Å². The zero-order valence-electron chi connectivity index (χ0n) is 10.3. The number of urea groups is 1. The van der Waals surface area contributed by atoms with Gasteiger partial charge in [-0.15, -0.1) is 0 Å². The maximum Gasteiger partial charge on any atom is 0.321 e. The van der Waals surface area contributed by atoms with Crippen LogP contribution < -0.4 is 11.1 Å². The summed E-state index contributed by atoms with van der Waals surface area (Å²) in [5.74, 6) is 0.0260. The maximum absolute atomic E-state index is 11.9. The molecule has 0 atom stereocenters. The largest absolute Gasteiger partial charge is 0.409 e. The number of oxime groups is 1. The van der Waals surface area contributed by atoms with Gasteiger partial charge in [0.15, 0.2) is 5.84 Å². The van der Waals surface area contributed by atoms with Crippen LogP contribution in [0.1, 0.15) is 18.4 Å². The smallest absolute Gasteiger partial charge is 0.321 e. The number of carbonyl (C=O) groups is 1. The Morgan fingerprint density at radius 1 is 1.42 bits per heavy atom. The van der Waals surface area contributed by atoms with Crippen LogP contribution in [0, 0.1) is 0 Å². The molecule has 1 aliphatic rings. The van der Waals surface area contributed by atoms with Crippen LogP contribution in [0.15, 0.2) is 27.8 Å². The van der Waals surface area contributed by atoms with Crippen molar-refractivity contribution < 1.29 is 10.0 Å². The molecule has 2 rings (SSSR count). The first-order valence-corrected chi connectivity index (χ1v) is 6.74. The minimum absolute atomic E-state index is 0.0260. The zero-order valence-corrected chi connectivity index (χ0v) is 11.9. The highest BCUT2D eigenvalue weighted by atomic mass is 79.9. The molecule has 4 N–H and O–H groups in total. The summed E-state index contributed by atoms with van der Waals surface area (Å²) < 4.78 is 0.684. The maximum atomic E-state index is 11.9. The first-order chi connectivity index (χ1) is 9.11. The lowest BCUT2D eigenvalue weighted by molar-refractivity contribution is 0.222. The second-order valence-electron chi connectivity index (χ2n) is 4.30. The second-order valence-corrected chi connectivity index (χ2v) is 5.16. The van der Waals surface area contributed by atoms with E-state index in [0.29, 0.717) is 15.7 Å². The molecule has 1 aliphatic heterocycles. The first-order valence-electron chi connectivity index (χ1n) is 5.95. The highest BCUT2D eigenvalue weighted by molar-refractivity contribution is 9.10. The van der Waals surface area contributed by atoms with Gasteiger partial charge in [0.25, 0.3) is 0 Å². The third-order valence-corrected chi connectivity index (χ3v) is 3.66. The fraction of sp³-hybridized carbons (Fsp3) is 0.333. The monoisotopic (exact) mass is 326 g/mol. The molecule has 0 bridgehead atoms. The summed E-state index contributed by atoms with van der Waals surface area (Å²) >= 11 is 3.36. The predicted octanol–water partition coefficient (Wildman–Crippen LogP) is 2.17. The summed E-state index contributed by atoms with van der Waals surface area (Å²) in [6.07, 6.45) is 2.11. The van der Waals surface area contributed by atoms with Gasteiger partial charge >= 0.3 is 6.03 Å². The van der Waals surface area contributed by atoms with Crippen molar-refractivity contribution in [2.75, 3.05) is 18.4 Å². The number of benzene rings is 1. The number of rotatable bonds is 2. The number of nitrogens with one attached hydrogen (secondary N) is 1. The molecular formula is C12H15BrN4O2. The number of likely N-dealkylation sites (tertiary alicyclic amines) is 1. The Morgan fingerprint density at radius 2 is 2.11 bits per heavy atom. The van der Waals surface area contributed by atoms with Crippen LogP contribution in [-0.4, -0.2) is 35.1 Å². The van der Waals surface area contributed by atoms with E-state index >= 15 is 0 Å². The van der Waals surface area contributed by atoms with Crippen molar-refractivity contribution in [1.82, 2.24) is 4.90 Å². The van der Waals surface area contributed by atoms with Crippen molar-refractivity contribution in [3.63, 3.8) is 0 Å². The summed E-state index contributed by atoms with van der Waals surface area (Å²) in [7, 11) is 0. The van der Waals surface area contributed by atoms with Gasteiger partial charge in [-0.1, -0.05) is 5.16 Å². The van der Waals surface area contributed by atoms with Crippen molar-refractivity contribution in [2.45, 2.75) is 12.8 Å². The van der Waals surface area contributed by atoms with E-state index in [1.54, 1.807) is 23.1 Å². The molecule has 6 nitrogen and oxygen atoms in total. The van der Waals surface area contributed by atoms with E-state index in [1.165, 1.54) is 0 Å². The van der Waals surface area contributed by atoms with Gasteiger partial charge in [0, 0.05) is 23.1 Å². The van der Waals surface area contributed by atoms with Crippen molar-refractivity contribution in [1.29, 1.82) is 0 Å². The summed E-state index contributed by atoms with van der Waals surface area (Å²) in [6, 6.07) is 4.98. The van der Waals surface area contributed by atoms with Gasteiger partial charge in [-0.25, -0.2) is 4.79 Å². The lowest BCUT2D eigenvalue weighted by Gasteiger charge is -2.17. The minimum atomic E-state index is -0.102. The van der Waals surface area contributed by atoms with E-state index in [0.717, 1.165) is 25.9 Å². The molecule has 0 radical (unpaired) electrons. The predicted molar refractivity (Wildman–Crippen MR) is 76.5 cm³/mol. The zero-order chi connectivity index (χ0) is 13.8. The van der Waals surface area contributed by atoms with Crippen LogP contribution in [-0.2, 0) is 0 Å². The lowest BCUT2D eigenvalue weighted by atomic mass is 10.2. The standard InChI is InChI=1S/C12H15BrN4O2/c13-9-7-8(11(14)16-19)3-4-10(9)15-12(18)17-5-1-2-6-17/h3-4,7,19H,1-2,5-6H2,(H2,14,16)(H,15,18). The Labute approximate surface area is 119 Å². The van der Waals surface area contributed by atoms with Gasteiger partial charge in [-0.2, -0.15) is 0 Å². The number of anilines is 1. The van der Waals surface area contributed by atoms with Gasteiger partial charge in [-0.3, -0.25) is 0 Å². The lowest BCUT2D eigenvalue weighted by Crippen LogP contribution is -2.32. The Kier molecular flexibility index (Phi) is 4.26. The topological polar surface area (TPSA) is 91.0 Å². The van der Waals surface area contributed by atoms with Gasteiger partial charge in [-0.05, 0) is 47.0 Å². The Hall–Kier alpha value is -1.76. The van der Waals surface area contributed by atoms with Crippen LogP contribution in [0.4, 0.5) is 10.5 Å². The van der Waals surface area contributed by atoms with E-state index in [4.69, 9.17) is 10.9 Å². The summed E-state index contributed by atoms with van der Waals surface area (Å²) in [5, 5.41) is 14.4. The van der Waals surface area contributed by atoms with Crippen LogP contribution in [0.5, 0.6) is 0 Å². The number of amides is 2. The third kappa shape index (κ3) is 3.17. The minimum Gasteiger partial charge on any atom is -0.409 e. The summed E-state index contributed by atoms with van der Waals surface area (Å²) in [4.78, 5) is 13.7. The number of amidine groups is 1. The highest BCUT2D eigenvalue weighted by Crippen LogP contribution is 2.24. The molecule has 0 unspecified atom stereocenters. The van der Waals surface area contributed by atoms with Gasteiger partial charge in [0.1, 0.15) is 0 Å². The SMILES string of the molecule is N/C(=N/O)c1ccc(NC(=O)N2CCCC2)c(Br)c1. The molecule has 0 aliphatic carbocycles. The molecule has 1 aromatic rings. The molecular weight excluding hydrogens is 312 g/mol. The van der Waals surface area contributed by atoms with Crippen LogP contribution in [0.2, 0.25) is 0 Å². The highest BCUT2D eigenvalue weighted by Gasteiger charge is 2.18. The molecule has 7 heteroatoms. The van der Waals surface area contributed by atoms with Crippen LogP contribution >= 0.6 is 15.9 Å². The van der Waals surface area contributed by atoms with E-state index < -0.39 is 0 Å². The molecule has 1 saturated heterocycles. The van der Waals surface area contributed by atoms with Crippen molar-refractivity contribution in [2.24, 2.45) is 10.9 Å². The molecule has 0 saturated carbocycles. The quantitative estimate of drug-likeness (QED) is 0.336. The molecule has 0 aromatic heterocycles. The van der Waals surface area contributed by atoms with E-state index in [2.05, 4.69) is 26.4 Å². The molecule has 1 heterocycles. The summed E-state index contributed by atoms with van der Waals surface area (Å²) in [6.45, 7) is 1.59. The average molecular weight is 327 g/mol. The van der Waals surface area contributed by atoms with Crippen molar-refractivity contribution in [3.05, 3.63) is 28.2 Å². The van der Waals surface area contributed by atoms with Crippen LogP contribution in [0.3, 0.4) is 0 Å². The number of carbonyl (C=O) groups excluding carboxylic acids is 1. The number of hydrogen-bond acceptors (Lipinski definition) is 3. The van der Waals surface area contributed by atoms with Gasteiger partial charge < -0.3 is 21.2 Å². The third-order valence-electron chi connectivity index (χ3n) is 3.01. The molecule has 102 valence electrons. The second kappa shape index (κ2) is 5.92. The fourth-order valence-corrected chi connectivity index (χ4v) is 2.43.